The molecule has 0 saturated heterocycles. The molecule has 0 saturated carbocycles. The van der Waals surface area contributed by atoms with E-state index in [2.05, 4.69) is 15.3 Å². The molecule has 1 aromatic carbocycles. The van der Waals surface area contributed by atoms with Gasteiger partial charge in [-0.15, -0.1) is 0 Å². The van der Waals surface area contributed by atoms with Crippen LogP contribution < -0.4 is 5.32 Å². The van der Waals surface area contributed by atoms with Crippen LogP contribution in [-0.2, 0) is 11.2 Å². The molecule has 110 valence electrons. The lowest BCUT2D eigenvalue weighted by molar-refractivity contribution is -0.114. The number of hydrogen-bond donors (Lipinski definition) is 1. The summed E-state index contributed by atoms with van der Waals surface area (Å²) in [7, 11) is 0. The molecule has 0 spiro atoms. The maximum Gasteiger partial charge on any atom is 0.221 e. The maximum absolute atomic E-state index is 13.9. The molecule has 1 amide bonds. The normalized spacial score (nSPS) is 20.5. The number of amides is 1. The van der Waals surface area contributed by atoms with Gasteiger partial charge in [0.15, 0.2) is 5.78 Å². The van der Waals surface area contributed by atoms with E-state index in [1.54, 1.807) is 13.8 Å². The van der Waals surface area contributed by atoms with Gasteiger partial charge in [-0.1, -0.05) is 5.11 Å². The number of halogens is 1. The first kappa shape index (κ1) is 15.0. The Labute approximate surface area is 121 Å². The summed E-state index contributed by atoms with van der Waals surface area (Å²) in [5, 5.41) is 6.07. The van der Waals surface area contributed by atoms with Gasteiger partial charge in [-0.25, -0.2) is 4.39 Å². The SMILES string of the molecule is CC(=O)Nc1cc(F)c(C)c2c1C(=O)C(C)(N=[N+]=[N-])CC2. The van der Waals surface area contributed by atoms with Crippen molar-refractivity contribution in [1.29, 1.82) is 0 Å². The van der Waals surface area contributed by atoms with Gasteiger partial charge in [0.05, 0.1) is 5.69 Å². The van der Waals surface area contributed by atoms with E-state index in [1.807, 2.05) is 0 Å². The Morgan fingerprint density at radius 3 is 2.81 bits per heavy atom. The van der Waals surface area contributed by atoms with Crippen LogP contribution in [0.15, 0.2) is 11.2 Å². The third-order valence-corrected chi connectivity index (χ3v) is 3.81. The zero-order chi connectivity index (χ0) is 15.8. The fourth-order valence-electron chi connectivity index (χ4n) is 2.61. The molecule has 0 aromatic heterocycles. The van der Waals surface area contributed by atoms with Gasteiger partial charge in [-0.05, 0) is 49.4 Å². The van der Waals surface area contributed by atoms with Crippen LogP contribution in [-0.4, -0.2) is 17.2 Å². The Balaban J connectivity index is 2.69. The summed E-state index contributed by atoms with van der Waals surface area (Å²) < 4.78 is 13.9. The van der Waals surface area contributed by atoms with E-state index in [4.69, 9.17) is 5.53 Å². The molecule has 1 aliphatic carbocycles. The molecule has 0 bridgehead atoms. The van der Waals surface area contributed by atoms with E-state index in [9.17, 15) is 14.0 Å². The topological polar surface area (TPSA) is 94.9 Å². The van der Waals surface area contributed by atoms with Crippen molar-refractivity contribution in [2.45, 2.75) is 39.2 Å². The summed E-state index contributed by atoms with van der Waals surface area (Å²) in [6.07, 6.45) is 0.722. The molecule has 1 unspecified atom stereocenters. The molecule has 1 N–H and O–H groups in total. The molecule has 1 aliphatic rings. The van der Waals surface area contributed by atoms with Crippen molar-refractivity contribution < 1.29 is 14.0 Å². The number of nitrogens with zero attached hydrogens (tertiary/aromatic N) is 3. The van der Waals surface area contributed by atoms with Crippen LogP contribution in [0, 0.1) is 12.7 Å². The molecule has 21 heavy (non-hydrogen) atoms. The molecular formula is C14H15FN4O2. The zero-order valence-corrected chi connectivity index (χ0v) is 12.0. The highest BCUT2D eigenvalue weighted by Gasteiger charge is 2.40. The number of azide groups is 1. The van der Waals surface area contributed by atoms with Crippen LogP contribution in [0.25, 0.3) is 10.4 Å². The molecular weight excluding hydrogens is 275 g/mol. The van der Waals surface area contributed by atoms with Crippen LogP contribution in [0.4, 0.5) is 10.1 Å². The number of hydrogen-bond acceptors (Lipinski definition) is 3. The summed E-state index contributed by atoms with van der Waals surface area (Å²) in [4.78, 5) is 26.6. The third-order valence-electron chi connectivity index (χ3n) is 3.81. The van der Waals surface area contributed by atoms with Crippen molar-refractivity contribution in [3.05, 3.63) is 39.0 Å². The van der Waals surface area contributed by atoms with Crippen LogP contribution in [0.5, 0.6) is 0 Å². The first-order valence-electron chi connectivity index (χ1n) is 6.51. The fraction of sp³-hybridized carbons (Fsp3) is 0.429. The predicted molar refractivity (Wildman–Crippen MR) is 75.6 cm³/mol. The van der Waals surface area contributed by atoms with Gasteiger partial charge >= 0.3 is 0 Å². The first-order valence-corrected chi connectivity index (χ1v) is 6.51. The van der Waals surface area contributed by atoms with Crippen LogP contribution >= 0.6 is 0 Å². The summed E-state index contributed by atoms with van der Waals surface area (Å²) >= 11 is 0. The van der Waals surface area contributed by atoms with Gasteiger partial charge in [-0.3, -0.25) is 9.59 Å². The standard InChI is InChI=1S/C14H15FN4O2/c1-7-9-4-5-14(3,18-19-16)13(21)12(9)11(6-10(7)15)17-8(2)20/h6H,4-5H2,1-3H3,(H,17,20). The van der Waals surface area contributed by atoms with Gasteiger partial charge in [0.25, 0.3) is 0 Å². The Morgan fingerprint density at radius 2 is 2.24 bits per heavy atom. The highest BCUT2D eigenvalue weighted by atomic mass is 19.1. The van der Waals surface area contributed by atoms with E-state index >= 15 is 0 Å². The van der Waals surface area contributed by atoms with Crippen molar-refractivity contribution in [2.24, 2.45) is 5.11 Å². The number of carbonyl (C=O) groups excluding carboxylic acids is 2. The summed E-state index contributed by atoms with van der Waals surface area (Å²) in [6.45, 7) is 4.42. The second-order valence-electron chi connectivity index (χ2n) is 5.36. The Kier molecular flexibility index (Phi) is 3.70. The molecule has 1 aromatic rings. The third kappa shape index (κ3) is 2.48. The highest BCUT2D eigenvalue weighted by molar-refractivity contribution is 6.11. The largest absolute Gasteiger partial charge is 0.326 e. The molecule has 6 nitrogen and oxygen atoms in total. The van der Waals surface area contributed by atoms with Crippen LogP contribution in [0.1, 0.15) is 41.8 Å². The Hall–Kier alpha value is -2.40. The summed E-state index contributed by atoms with van der Waals surface area (Å²) in [6, 6.07) is 1.13. The van der Waals surface area contributed by atoms with Crippen LogP contribution in [0.2, 0.25) is 0 Å². The second-order valence-corrected chi connectivity index (χ2v) is 5.36. The molecule has 0 radical (unpaired) electrons. The number of nitrogens with one attached hydrogen (secondary N) is 1. The van der Waals surface area contributed by atoms with Gasteiger partial charge < -0.3 is 5.32 Å². The van der Waals surface area contributed by atoms with E-state index in [1.165, 1.54) is 6.92 Å². The van der Waals surface area contributed by atoms with Crippen molar-refractivity contribution >= 4 is 17.4 Å². The van der Waals surface area contributed by atoms with Gasteiger partial charge in [0.1, 0.15) is 11.4 Å². The average molecular weight is 290 g/mol. The van der Waals surface area contributed by atoms with Gasteiger partial charge in [-0.2, -0.15) is 0 Å². The van der Waals surface area contributed by atoms with E-state index in [-0.39, 0.29) is 11.3 Å². The number of benzene rings is 1. The van der Waals surface area contributed by atoms with Crippen molar-refractivity contribution in [1.82, 2.24) is 0 Å². The monoisotopic (exact) mass is 290 g/mol. The zero-order valence-electron chi connectivity index (χ0n) is 12.0. The van der Waals surface area contributed by atoms with E-state index in [0.29, 0.717) is 24.0 Å². The van der Waals surface area contributed by atoms with E-state index < -0.39 is 23.0 Å². The average Bonchev–Trinajstić information content (AvgIpc) is 2.39. The van der Waals surface area contributed by atoms with Crippen molar-refractivity contribution in [3.63, 3.8) is 0 Å². The summed E-state index contributed by atoms with van der Waals surface area (Å²) in [5.41, 5.74) is 8.75. The predicted octanol–water partition coefficient (Wildman–Crippen LogP) is 3.29. The maximum atomic E-state index is 13.9. The minimum absolute atomic E-state index is 0.129. The lowest BCUT2D eigenvalue weighted by atomic mass is 9.76. The fourth-order valence-corrected chi connectivity index (χ4v) is 2.61. The van der Waals surface area contributed by atoms with Gasteiger partial charge in [0.2, 0.25) is 5.91 Å². The first-order chi connectivity index (χ1) is 9.80. The Bertz CT molecular complexity index is 695. The van der Waals surface area contributed by atoms with Crippen molar-refractivity contribution in [2.75, 3.05) is 5.32 Å². The summed E-state index contributed by atoms with van der Waals surface area (Å²) in [5.74, 6) is -1.27. The molecule has 7 heteroatoms. The molecule has 2 rings (SSSR count). The number of ketones is 1. The lowest BCUT2D eigenvalue weighted by Gasteiger charge is -2.31. The number of carbonyl (C=O) groups is 2. The molecule has 0 aliphatic heterocycles. The van der Waals surface area contributed by atoms with E-state index in [0.717, 1.165) is 6.07 Å². The highest BCUT2D eigenvalue weighted by Crippen LogP contribution is 2.38. The van der Waals surface area contributed by atoms with Crippen molar-refractivity contribution in [3.8, 4) is 0 Å². The number of fused-ring (bicyclic) bond motifs is 1. The second kappa shape index (κ2) is 5.18. The number of rotatable bonds is 2. The minimum atomic E-state index is -1.21. The lowest BCUT2D eigenvalue weighted by Crippen LogP contribution is -2.39. The minimum Gasteiger partial charge on any atom is -0.326 e. The Morgan fingerprint density at radius 1 is 1.57 bits per heavy atom. The number of anilines is 1. The number of Topliss-reactive ketones (excluding diaryl/α,β-unsaturated/α-hetero) is 1. The molecule has 0 heterocycles. The smallest absolute Gasteiger partial charge is 0.221 e. The quantitative estimate of drug-likeness (QED) is 0.514. The molecule has 1 atom stereocenters. The van der Waals surface area contributed by atoms with Gasteiger partial charge in [0, 0.05) is 17.4 Å². The molecule has 0 fully saturated rings. The van der Waals surface area contributed by atoms with Crippen LogP contribution in [0.3, 0.4) is 0 Å².